The molecule has 0 radical (unpaired) electrons. The predicted octanol–water partition coefficient (Wildman–Crippen LogP) is 3.56. The van der Waals surface area contributed by atoms with Crippen LogP contribution in [0.4, 0.5) is 5.95 Å². The molecule has 1 aromatic heterocycles. The van der Waals surface area contributed by atoms with Crippen LogP contribution in [0.25, 0.3) is 5.57 Å². The molecule has 1 heterocycles. The van der Waals surface area contributed by atoms with Crippen molar-refractivity contribution in [2.45, 2.75) is 89.6 Å². The first-order valence-electron chi connectivity index (χ1n) is 11.2. The number of aromatic nitrogens is 2. The van der Waals surface area contributed by atoms with Crippen LogP contribution in [0.2, 0.25) is 0 Å². The lowest BCUT2D eigenvalue weighted by Gasteiger charge is -2.32. The summed E-state index contributed by atoms with van der Waals surface area (Å²) < 4.78 is 6.06. The Morgan fingerprint density at radius 2 is 1.97 bits per heavy atom. The monoisotopic (exact) mass is 416 g/mol. The summed E-state index contributed by atoms with van der Waals surface area (Å²) in [6.45, 7) is 8.67. The minimum Gasteiger partial charge on any atom is -0.474 e. The second-order valence-corrected chi connectivity index (χ2v) is 8.71. The molecule has 0 aromatic carbocycles. The summed E-state index contributed by atoms with van der Waals surface area (Å²) in [5.41, 5.74) is 2.45. The second kappa shape index (κ2) is 10.4. The van der Waals surface area contributed by atoms with E-state index in [9.17, 15) is 10.2 Å². The minimum atomic E-state index is -0.293. The average Bonchev–Trinajstić information content (AvgIpc) is 2.71. The molecule has 7 heteroatoms. The van der Waals surface area contributed by atoms with Crippen LogP contribution in [0, 0.1) is 5.92 Å². The van der Waals surface area contributed by atoms with Gasteiger partial charge in [-0.3, -0.25) is 4.99 Å². The molecule has 0 saturated heterocycles. The lowest BCUT2D eigenvalue weighted by Crippen LogP contribution is -2.37. The fourth-order valence-electron chi connectivity index (χ4n) is 4.22. The number of nitrogens with zero attached hydrogens (tertiary/aromatic N) is 3. The third-order valence-corrected chi connectivity index (χ3v) is 6.16. The van der Waals surface area contributed by atoms with Crippen LogP contribution in [-0.4, -0.2) is 57.5 Å². The Kier molecular flexibility index (Phi) is 7.83. The van der Waals surface area contributed by atoms with Gasteiger partial charge in [-0.15, -0.1) is 0 Å². The molecule has 30 heavy (non-hydrogen) atoms. The Hall–Kier alpha value is -1.99. The molecule has 3 N–H and O–H groups in total. The summed E-state index contributed by atoms with van der Waals surface area (Å²) in [6.07, 6.45) is 7.94. The summed E-state index contributed by atoms with van der Waals surface area (Å²) >= 11 is 0. The Morgan fingerprint density at radius 3 is 2.57 bits per heavy atom. The van der Waals surface area contributed by atoms with E-state index in [2.05, 4.69) is 35.7 Å². The van der Waals surface area contributed by atoms with Crippen molar-refractivity contribution >= 4 is 17.4 Å². The first-order valence-corrected chi connectivity index (χ1v) is 11.2. The second-order valence-electron chi connectivity index (χ2n) is 8.71. The van der Waals surface area contributed by atoms with E-state index in [0.29, 0.717) is 24.7 Å². The number of aliphatic hydroxyl groups is 2. The molecule has 2 aliphatic carbocycles. The molecule has 0 aliphatic heterocycles. The van der Waals surface area contributed by atoms with E-state index < -0.39 is 0 Å². The largest absolute Gasteiger partial charge is 0.474 e. The number of allylic oxidation sites excluding steroid dienone is 1. The number of aliphatic hydroxyl groups excluding tert-OH is 2. The zero-order valence-corrected chi connectivity index (χ0v) is 18.5. The van der Waals surface area contributed by atoms with Gasteiger partial charge in [-0.2, -0.15) is 0 Å². The highest BCUT2D eigenvalue weighted by Crippen LogP contribution is 2.36. The summed E-state index contributed by atoms with van der Waals surface area (Å²) in [4.78, 5) is 13.7. The van der Waals surface area contributed by atoms with Gasteiger partial charge >= 0.3 is 0 Å². The molecule has 1 aromatic rings. The first-order chi connectivity index (χ1) is 14.4. The molecule has 2 fully saturated rings. The molecule has 3 rings (SSSR count). The van der Waals surface area contributed by atoms with E-state index in [0.717, 1.165) is 55.4 Å². The van der Waals surface area contributed by atoms with Crippen LogP contribution in [0.15, 0.2) is 17.8 Å². The van der Waals surface area contributed by atoms with E-state index in [1.165, 1.54) is 0 Å². The molecule has 1 unspecified atom stereocenters. The fraction of sp³-hybridized carbons (Fsp3) is 0.696. The lowest BCUT2D eigenvalue weighted by molar-refractivity contribution is -0.0169. The molecule has 2 saturated carbocycles. The summed E-state index contributed by atoms with van der Waals surface area (Å²) in [6, 6.07) is 0.277. The van der Waals surface area contributed by atoms with E-state index in [-0.39, 0.29) is 30.3 Å². The van der Waals surface area contributed by atoms with Crippen molar-refractivity contribution < 1.29 is 14.9 Å². The Labute approximate surface area is 179 Å². The van der Waals surface area contributed by atoms with Gasteiger partial charge in [-0.25, -0.2) is 9.97 Å². The maximum absolute atomic E-state index is 9.88. The van der Waals surface area contributed by atoms with E-state index in [1.807, 2.05) is 0 Å². The molecular weight excluding hydrogens is 380 g/mol. The zero-order chi connectivity index (χ0) is 21.7. The van der Waals surface area contributed by atoms with E-state index in [4.69, 9.17) is 9.72 Å². The van der Waals surface area contributed by atoms with Gasteiger partial charge in [0.15, 0.2) is 0 Å². The van der Waals surface area contributed by atoms with Crippen LogP contribution >= 0.6 is 0 Å². The molecule has 166 valence electrons. The van der Waals surface area contributed by atoms with Crippen molar-refractivity contribution in [1.29, 1.82) is 0 Å². The van der Waals surface area contributed by atoms with Crippen molar-refractivity contribution in [1.82, 2.24) is 9.97 Å². The van der Waals surface area contributed by atoms with Crippen molar-refractivity contribution in [3.63, 3.8) is 0 Å². The Bertz CT molecular complexity index is 753. The topological polar surface area (TPSA) is 99.9 Å². The van der Waals surface area contributed by atoms with Crippen molar-refractivity contribution in [2.24, 2.45) is 10.9 Å². The Morgan fingerprint density at radius 1 is 1.27 bits per heavy atom. The fourth-order valence-corrected chi connectivity index (χ4v) is 4.22. The van der Waals surface area contributed by atoms with Gasteiger partial charge in [0, 0.05) is 32.1 Å². The number of aliphatic imine (C=N–C) groups is 1. The highest BCUT2D eigenvalue weighted by Gasteiger charge is 2.32. The normalized spacial score (nSPS) is 27.8. The molecule has 0 amide bonds. The van der Waals surface area contributed by atoms with E-state index in [1.54, 1.807) is 13.2 Å². The van der Waals surface area contributed by atoms with Gasteiger partial charge in [-0.1, -0.05) is 19.9 Å². The number of nitrogens with one attached hydrogen (secondary N) is 1. The third kappa shape index (κ3) is 5.58. The predicted molar refractivity (Wildman–Crippen MR) is 120 cm³/mol. The quantitative estimate of drug-likeness (QED) is 0.443. The van der Waals surface area contributed by atoms with Crippen molar-refractivity contribution in [3.05, 3.63) is 24.0 Å². The molecule has 0 bridgehead atoms. The summed E-state index contributed by atoms with van der Waals surface area (Å²) in [5.74, 6) is 1.35. The van der Waals surface area contributed by atoms with Crippen LogP contribution in [-0.2, 0) is 4.74 Å². The van der Waals surface area contributed by atoms with Gasteiger partial charge in [-0.05, 0) is 50.5 Å². The van der Waals surface area contributed by atoms with Gasteiger partial charge in [0.1, 0.15) is 6.10 Å². The first kappa shape index (κ1) is 22.7. The van der Waals surface area contributed by atoms with Gasteiger partial charge in [0.2, 0.25) is 11.8 Å². The molecule has 7 nitrogen and oxygen atoms in total. The molecule has 1 atom stereocenters. The van der Waals surface area contributed by atoms with Gasteiger partial charge < -0.3 is 20.3 Å². The van der Waals surface area contributed by atoms with Crippen molar-refractivity contribution in [2.75, 3.05) is 12.4 Å². The van der Waals surface area contributed by atoms with Crippen LogP contribution < -0.4 is 5.32 Å². The zero-order valence-electron chi connectivity index (χ0n) is 18.5. The molecular formula is C23H36N4O3. The number of anilines is 1. The smallest absolute Gasteiger partial charge is 0.223 e. The van der Waals surface area contributed by atoms with Crippen molar-refractivity contribution in [3.8, 4) is 0 Å². The maximum atomic E-state index is 9.88. The maximum Gasteiger partial charge on any atom is 0.223 e. The highest BCUT2D eigenvalue weighted by molar-refractivity contribution is 5.98. The SMILES string of the molecule is C=C(c1nc(NC(C)CCC)ncc1/C(=N\C)O[C@H]1C[C@H](O)C1)[C@H]1CC[C@H](O)CC1. The number of hydrogen-bond acceptors (Lipinski definition) is 7. The van der Waals surface area contributed by atoms with Gasteiger partial charge in [0.05, 0.1) is 23.5 Å². The molecule has 2 aliphatic rings. The highest BCUT2D eigenvalue weighted by atomic mass is 16.5. The average molecular weight is 417 g/mol. The minimum absolute atomic E-state index is 0.0352. The standard InChI is InChI=1S/C23H36N4O3/c1-5-6-14(2)26-23-25-13-20(22(24-4)30-19-11-18(29)12-19)21(27-23)15(3)16-7-9-17(28)10-8-16/h13-14,16-19,28-29H,3,5-12H2,1-2,4H3,(H,25,26,27)/b24-22+/t14?,16-,17-,18-,19-. The summed E-state index contributed by atoms with van der Waals surface area (Å²) in [7, 11) is 1.70. The Balaban J connectivity index is 1.86. The van der Waals surface area contributed by atoms with Crippen LogP contribution in [0.5, 0.6) is 0 Å². The lowest BCUT2D eigenvalue weighted by atomic mass is 9.81. The van der Waals surface area contributed by atoms with Gasteiger partial charge in [0.25, 0.3) is 0 Å². The van der Waals surface area contributed by atoms with Crippen LogP contribution in [0.3, 0.4) is 0 Å². The number of rotatable bonds is 8. The number of ether oxygens (including phenoxy) is 1. The molecule has 0 spiro atoms. The third-order valence-electron chi connectivity index (χ3n) is 6.16. The van der Waals surface area contributed by atoms with Crippen LogP contribution in [0.1, 0.15) is 76.5 Å². The number of hydrogen-bond donors (Lipinski definition) is 3. The van der Waals surface area contributed by atoms with E-state index >= 15 is 0 Å². The summed E-state index contributed by atoms with van der Waals surface area (Å²) in [5, 5.41) is 22.9.